The van der Waals surface area contributed by atoms with E-state index in [4.69, 9.17) is 4.42 Å². The monoisotopic (exact) mass is 224 g/mol. The Bertz CT molecular complexity index is 224. The molecule has 0 aliphatic carbocycles. The molecule has 4 heteroatoms. The van der Waals surface area contributed by atoms with Crippen LogP contribution < -0.4 is 5.68 Å². The maximum atomic E-state index is 4.90. The molecular weight excluding hydrogens is 219 g/mol. The molecule has 1 rings (SSSR count). The molecule has 0 aromatic carbocycles. The Kier molecular flexibility index (Phi) is 1.72. The van der Waals surface area contributed by atoms with Crippen molar-refractivity contribution in [1.82, 2.24) is 2.78 Å². The molecule has 0 unspecified atom stereocenters. The van der Waals surface area contributed by atoms with E-state index in [1.807, 2.05) is 0 Å². The van der Waals surface area contributed by atoms with Gasteiger partial charge in [0.15, 0.2) is 0 Å². The normalized spacial score (nSPS) is 12.5. The van der Waals surface area contributed by atoms with Crippen LogP contribution in [-0.4, -0.2) is 9.83 Å². The SMILES string of the molecule is CN=c1occn1I. The first-order valence-corrected chi connectivity index (χ1v) is 3.06. The molecular formula is C4H5IN2O. The molecule has 0 saturated carbocycles. The highest BCUT2D eigenvalue weighted by molar-refractivity contribution is 14.1. The summed E-state index contributed by atoms with van der Waals surface area (Å²) in [5, 5.41) is 0. The topological polar surface area (TPSA) is 30.4 Å². The van der Waals surface area contributed by atoms with Crippen molar-refractivity contribution in [3.05, 3.63) is 18.1 Å². The number of nitrogens with zero attached hydrogens (tertiary/aromatic N) is 2. The molecule has 0 aliphatic rings. The van der Waals surface area contributed by atoms with E-state index in [0.717, 1.165) is 0 Å². The Labute approximate surface area is 60.5 Å². The smallest absolute Gasteiger partial charge is 0.305 e. The molecule has 44 valence electrons. The first kappa shape index (κ1) is 5.87. The van der Waals surface area contributed by atoms with Crippen molar-refractivity contribution in [2.75, 3.05) is 7.05 Å². The molecule has 8 heavy (non-hydrogen) atoms. The average Bonchev–Trinajstić information content (AvgIpc) is 2.14. The summed E-state index contributed by atoms with van der Waals surface area (Å²) in [4.78, 5) is 3.82. The number of hydrogen-bond acceptors (Lipinski definition) is 2. The molecule has 0 amide bonds. The minimum Gasteiger partial charge on any atom is -0.432 e. The molecule has 3 nitrogen and oxygen atoms in total. The lowest BCUT2D eigenvalue weighted by molar-refractivity contribution is 0.494. The van der Waals surface area contributed by atoms with Gasteiger partial charge >= 0.3 is 5.68 Å². The van der Waals surface area contributed by atoms with Gasteiger partial charge in [-0.2, -0.15) is 0 Å². The van der Waals surface area contributed by atoms with Crippen LogP contribution in [0.4, 0.5) is 0 Å². The van der Waals surface area contributed by atoms with E-state index in [1.165, 1.54) is 0 Å². The standard InChI is InChI=1S/C4H5IN2O/c1-6-4-7(5)2-3-8-4/h2-3H,1H3. The van der Waals surface area contributed by atoms with Crippen LogP contribution in [0.25, 0.3) is 0 Å². The van der Waals surface area contributed by atoms with Gasteiger partial charge in [-0.1, -0.05) is 0 Å². The molecule has 1 heterocycles. The number of halogens is 1. The quantitative estimate of drug-likeness (QED) is 0.599. The van der Waals surface area contributed by atoms with Crippen molar-refractivity contribution in [2.45, 2.75) is 0 Å². The minimum atomic E-state index is 0.630. The van der Waals surface area contributed by atoms with E-state index in [1.54, 1.807) is 22.3 Å². The fourth-order valence-electron chi connectivity index (χ4n) is 0.407. The van der Waals surface area contributed by atoms with Gasteiger partial charge in [-0.25, -0.2) is 7.77 Å². The number of rotatable bonds is 0. The van der Waals surface area contributed by atoms with Gasteiger partial charge in [-0.3, -0.25) is 0 Å². The van der Waals surface area contributed by atoms with E-state index >= 15 is 0 Å². The Balaban J connectivity index is 3.31. The molecule has 0 radical (unpaired) electrons. The number of hydrogen-bond donors (Lipinski definition) is 0. The predicted molar refractivity (Wildman–Crippen MR) is 37.6 cm³/mol. The van der Waals surface area contributed by atoms with E-state index in [2.05, 4.69) is 27.9 Å². The summed E-state index contributed by atoms with van der Waals surface area (Å²) in [6, 6.07) is 0. The highest BCUT2D eigenvalue weighted by atomic mass is 127. The summed E-state index contributed by atoms with van der Waals surface area (Å²) in [6.07, 6.45) is 3.39. The lowest BCUT2D eigenvalue weighted by atomic mass is 11.0. The van der Waals surface area contributed by atoms with Gasteiger partial charge in [-0.05, 0) is 0 Å². The third kappa shape index (κ3) is 0.936. The maximum absolute atomic E-state index is 4.90. The maximum Gasteiger partial charge on any atom is 0.305 e. The van der Waals surface area contributed by atoms with Crippen LogP contribution in [-0.2, 0) is 0 Å². The second kappa shape index (κ2) is 2.34. The molecule has 0 saturated heterocycles. The summed E-state index contributed by atoms with van der Waals surface area (Å²) in [5.41, 5.74) is 0.630. The second-order valence-electron chi connectivity index (χ2n) is 1.22. The van der Waals surface area contributed by atoms with E-state index < -0.39 is 0 Å². The Morgan fingerprint density at radius 1 is 1.88 bits per heavy atom. The van der Waals surface area contributed by atoms with Crippen LogP contribution in [0.1, 0.15) is 0 Å². The fraction of sp³-hybridized carbons (Fsp3) is 0.250. The van der Waals surface area contributed by atoms with E-state index in [-0.39, 0.29) is 0 Å². The van der Waals surface area contributed by atoms with Crippen LogP contribution in [0.15, 0.2) is 21.9 Å². The van der Waals surface area contributed by atoms with Crippen molar-refractivity contribution in [1.29, 1.82) is 0 Å². The Morgan fingerprint density at radius 3 is 2.88 bits per heavy atom. The Hall–Kier alpha value is -0.260. The van der Waals surface area contributed by atoms with Crippen molar-refractivity contribution >= 4 is 22.9 Å². The van der Waals surface area contributed by atoms with Gasteiger partial charge in [0, 0.05) is 7.05 Å². The molecule has 0 aliphatic heterocycles. The van der Waals surface area contributed by atoms with Crippen molar-refractivity contribution < 1.29 is 4.42 Å². The number of oxazole rings is 1. The van der Waals surface area contributed by atoms with Crippen LogP contribution in [0.3, 0.4) is 0 Å². The average molecular weight is 224 g/mol. The minimum absolute atomic E-state index is 0.630. The van der Waals surface area contributed by atoms with Gasteiger partial charge in [0.2, 0.25) is 0 Å². The van der Waals surface area contributed by atoms with Crippen LogP contribution in [0.5, 0.6) is 0 Å². The second-order valence-corrected chi connectivity index (χ2v) is 2.26. The molecule has 0 bridgehead atoms. The van der Waals surface area contributed by atoms with Crippen molar-refractivity contribution in [2.24, 2.45) is 4.99 Å². The Morgan fingerprint density at radius 2 is 2.62 bits per heavy atom. The summed E-state index contributed by atoms with van der Waals surface area (Å²) < 4.78 is 6.68. The molecule has 0 N–H and O–H groups in total. The van der Waals surface area contributed by atoms with E-state index in [0.29, 0.717) is 5.68 Å². The molecule has 1 aromatic rings. The zero-order chi connectivity index (χ0) is 5.98. The fourth-order valence-corrected chi connectivity index (χ4v) is 0.868. The zero-order valence-corrected chi connectivity index (χ0v) is 6.49. The van der Waals surface area contributed by atoms with Crippen LogP contribution >= 0.6 is 22.9 Å². The highest BCUT2D eigenvalue weighted by Crippen LogP contribution is 1.86. The molecule has 1 aromatic heterocycles. The van der Waals surface area contributed by atoms with E-state index in [9.17, 15) is 0 Å². The van der Waals surface area contributed by atoms with Crippen molar-refractivity contribution in [3.8, 4) is 0 Å². The summed E-state index contributed by atoms with van der Waals surface area (Å²) in [6.45, 7) is 0. The highest BCUT2D eigenvalue weighted by Gasteiger charge is 1.85. The van der Waals surface area contributed by atoms with Gasteiger partial charge in [-0.15, -0.1) is 0 Å². The third-order valence-corrected chi connectivity index (χ3v) is 1.47. The van der Waals surface area contributed by atoms with Gasteiger partial charge in [0.05, 0.1) is 29.1 Å². The largest absolute Gasteiger partial charge is 0.432 e. The summed E-state index contributed by atoms with van der Waals surface area (Å²) in [5.74, 6) is 0. The molecule has 0 fully saturated rings. The van der Waals surface area contributed by atoms with Gasteiger partial charge < -0.3 is 4.42 Å². The van der Waals surface area contributed by atoms with Crippen LogP contribution in [0.2, 0.25) is 0 Å². The first-order valence-electron chi connectivity index (χ1n) is 2.09. The molecule has 0 spiro atoms. The number of aromatic nitrogens is 1. The predicted octanol–water partition coefficient (Wildman–Crippen LogP) is 0.810. The van der Waals surface area contributed by atoms with Crippen LogP contribution in [0, 0.1) is 0 Å². The third-order valence-electron chi connectivity index (χ3n) is 0.739. The summed E-state index contributed by atoms with van der Waals surface area (Å²) >= 11 is 2.08. The zero-order valence-electron chi connectivity index (χ0n) is 4.34. The molecule has 0 atom stereocenters. The van der Waals surface area contributed by atoms with Gasteiger partial charge in [0.25, 0.3) is 0 Å². The first-order chi connectivity index (χ1) is 3.84. The van der Waals surface area contributed by atoms with Crippen molar-refractivity contribution in [3.63, 3.8) is 0 Å². The summed E-state index contributed by atoms with van der Waals surface area (Å²) in [7, 11) is 1.69. The lowest BCUT2D eigenvalue weighted by Crippen LogP contribution is -2.04. The van der Waals surface area contributed by atoms with Gasteiger partial charge in [0.1, 0.15) is 6.26 Å². The lowest BCUT2D eigenvalue weighted by Gasteiger charge is -1.77.